The van der Waals surface area contributed by atoms with E-state index in [-0.39, 0.29) is 0 Å². The van der Waals surface area contributed by atoms with Crippen LogP contribution in [0.5, 0.6) is 0 Å². The molecule has 0 aliphatic rings. The van der Waals surface area contributed by atoms with Gasteiger partial charge in [-0.15, -0.1) is 0 Å². The molecule has 0 bridgehead atoms. The van der Waals surface area contributed by atoms with E-state index in [1.165, 1.54) is 0 Å². The zero-order chi connectivity index (χ0) is 14.3. The lowest BCUT2D eigenvalue weighted by Gasteiger charge is -2.28. The van der Waals surface area contributed by atoms with Gasteiger partial charge in [0.1, 0.15) is 0 Å². The van der Waals surface area contributed by atoms with Crippen LogP contribution in [-0.4, -0.2) is 24.4 Å². The Kier molecular flexibility index (Phi) is 3.68. The molecule has 0 aromatic rings. The van der Waals surface area contributed by atoms with Crippen LogP contribution >= 0.6 is 0 Å². The Hall–Kier alpha value is -1.16. The minimum atomic E-state index is -6.78. The Balaban J connectivity index is 5.12. The Morgan fingerprint density at radius 1 is 0.765 bits per heavy atom. The predicted octanol–water partition coefficient (Wildman–Crippen LogP) is 3.87. The molecule has 102 valence electrons. The minimum Gasteiger partial charge on any atom is -0.423 e. The van der Waals surface area contributed by atoms with Crippen molar-refractivity contribution in [3.8, 4) is 0 Å². The fourth-order valence-electron chi connectivity index (χ4n) is 0.442. The highest BCUT2D eigenvalue weighted by Gasteiger charge is 2.76. The van der Waals surface area contributed by atoms with Gasteiger partial charge < -0.3 is 4.74 Å². The van der Waals surface area contributed by atoms with Gasteiger partial charge in [0.05, 0.1) is 0 Å². The summed E-state index contributed by atoms with van der Waals surface area (Å²) in [6.07, 6.45) is -18.9. The van der Waals surface area contributed by atoms with Gasteiger partial charge in [-0.25, -0.2) is 0 Å². The molecule has 0 saturated heterocycles. The van der Waals surface area contributed by atoms with Crippen LogP contribution < -0.4 is 0 Å². The van der Waals surface area contributed by atoms with Crippen LogP contribution in [0.3, 0.4) is 0 Å². The molecular weight excluding hydrogens is 278 g/mol. The molecule has 0 spiro atoms. The van der Waals surface area contributed by atoms with Crippen LogP contribution in [0.25, 0.3) is 0 Å². The number of halogens is 10. The predicted molar refractivity (Wildman–Crippen MR) is 32.2 cm³/mol. The molecular formula is C6H2F10O. The van der Waals surface area contributed by atoms with Crippen molar-refractivity contribution >= 4 is 0 Å². The number of alkyl halides is 10. The summed E-state index contributed by atoms with van der Waals surface area (Å²) in [6, 6.07) is 0. The summed E-state index contributed by atoms with van der Waals surface area (Å²) in [5.41, 5.74) is 0. The Bertz CT molecular complexity index is 297. The van der Waals surface area contributed by atoms with Crippen LogP contribution in [0.2, 0.25) is 0 Å². The maximum atomic E-state index is 12.2. The third-order valence-electron chi connectivity index (χ3n) is 1.29. The molecule has 0 rings (SSSR count). The quantitative estimate of drug-likeness (QED) is 0.563. The lowest BCUT2D eigenvalue weighted by molar-refractivity contribution is -0.421. The van der Waals surface area contributed by atoms with Gasteiger partial charge in [0.15, 0.2) is 5.76 Å². The molecule has 1 nitrogen and oxygen atoms in total. The van der Waals surface area contributed by atoms with Crippen molar-refractivity contribution < 1.29 is 48.6 Å². The molecule has 0 heterocycles. The first kappa shape index (κ1) is 15.8. The van der Waals surface area contributed by atoms with E-state index in [1.807, 2.05) is 0 Å². The summed E-state index contributed by atoms with van der Waals surface area (Å²) in [5, 5.41) is 0. The summed E-state index contributed by atoms with van der Waals surface area (Å²) >= 11 is 0. The number of rotatable bonds is 3. The molecule has 0 aromatic heterocycles. The third kappa shape index (κ3) is 3.16. The van der Waals surface area contributed by atoms with Gasteiger partial charge in [0.2, 0.25) is 0 Å². The van der Waals surface area contributed by atoms with Gasteiger partial charge in [-0.2, -0.15) is 43.9 Å². The van der Waals surface area contributed by atoms with Crippen molar-refractivity contribution in [2.24, 2.45) is 0 Å². The molecule has 0 aliphatic carbocycles. The number of hydrogen-bond acceptors (Lipinski definition) is 1. The molecule has 0 N–H and O–H groups in total. The van der Waals surface area contributed by atoms with Crippen LogP contribution in [0.15, 0.2) is 12.3 Å². The smallest absolute Gasteiger partial charge is 0.423 e. The summed E-state index contributed by atoms with van der Waals surface area (Å²) in [5.74, 6) is -9.65. The van der Waals surface area contributed by atoms with Crippen molar-refractivity contribution in [3.63, 3.8) is 0 Å². The maximum Gasteiger partial charge on any atom is 0.474 e. The molecule has 0 radical (unpaired) electrons. The van der Waals surface area contributed by atoms with E-state index in [0.717, 1.165) is 0 Å². The lowest BCUT2D eigenvalue weighted by atomic mass is 10.3. The fourth-order valence-corrected chi connectivity index (χ4v) is 0.442. The molecule has 0 fully saturated rings. The summed E-state index contributed by atoms with van der Waals surface area (Å²) < 4.78 is 120. The van der Waals surface area contributed by atoms with E-state index in [0.29, 0.717) is 0 Å². The standard InChI is InChI=1S/C6H2F10O/c1-2(3(7,8)9)17-6(15,16)4(10,11)5(12,13)14/h1H2. The largest absolute Gasteiger partial charge is 0.474 e. The Morgan fingerprint density at radius 2 is 1.12 bits per heavy atom. The second-order valence-corrected chi connectivity index (χ2v) is 2.61. The molecule has 17 heavy (non-hydrogen) atoms. The van der Waals surface area contributed by atoms with E-state index in [2.05, 4.69) is 4.74 Å². The van der Waals surface area contributed by atoms with Crippen LogP contribution in [0.1, 0.15) is 0 Å². The normalized spacial score (nSPS) is 14.7. The second kappa shape index (κ2) is 3.95. The van der Waals surface area contributed by atoms with Gasteiger partial charge in [0, 0.05) is 0 Å². The van der Waals surface area contributed by atoms with Gasteiger partial charge in [-0.05, 0) is 0 Å². The summed E-state index contributed by atoms with van der Waals surface area (Å²) in [7, 11) is 0. The number of hydrogen-bond donors (Lipinski definition) is 0. The lowest BCUT2D eigenvalue weighted by Crippen LogP contribution is -2.53. The highest BCUT2D eigenvalue weighted by Crippen LogP contribution is 2.48. The van der Waals surface area contributed by atoms with Crippen molar-refractivity contribution in [2.75, 3.05) is 0 Å². The summed E-state index contributed by atoms with van der Waals surface area (Å²) in [4.78, 5) is 0. The molecule has 11 heteroatoms. The first-order valence-corrected chi connectivity index (χ1v) is 3.40. The first-order chi connectivity index (χ1) is 7.13. The number of allylic oxidation sites excluding steroid dienone is 1. The van der Waals surface area contributed by atoms with E-state index >= 15 is 0 Å². The van der Waals surface area contributed by atoms with Gasteiger partial charge in [-0.3, -0.25) is 0 Å². The molecule has 0 unspecified atom stereocenters. The van der Waals surface area contributed by atoms with Crippen molar-refractivity contribution in [1.82, 2.24) is 0 Å². The van der Waals surface area contributed by atoms with E-state index in [1.54, 1.807) is 6.58 Å². The van der Waals surface area contributed by atoms with Crippen LogP contribution in [0.4, 0.5) is 43.9 Å². The second-order valence-electron chi connectivity index (χ2n) is 2.61. The van der Waals surface area contributed by atoms with Crippen molar-refractivity contribution in [2.45, 2.75) is 24.4 Å². The molecule has 0 amide bonds. The third-order valence-corrected chi connectivity index (χ3v) is 1.29. The van der Waals surface area contributed by atoms with Gasteiger partial charge in [0.25, 0.3) is 0 Å². The molecule has 0 saturated carbocycles. The monoisotopic (exact) mass is 280 g/mol. The van der Waals surface area contributed by atoms with Gasteiger partial charge >= 0.3 is 24.4 Å². The highest BCUT2D eigenvalue weighted by molar-refractivity contribution is 4.96. The van der Waals surface area contributed by atoms with Crippen molar-refractivity contribution in [3.05, 3.63) is 12.3 Å². The molecule has 0 aromatic carbocycles. The Labute approximate surface area is 86.6 Å². The van der Waals surface area contributed by atoms with E-state index < -0.39 is 30.1 Å². The topological polar surface area (TPSA) is 9.23 Å². The highest BCUT2D eigenvalue weighted by atomic mass is 19.4. The minimum absolute atomic E-state index is 1.78. The maximum absolute atomic E-state index is 12.2. The molecule has 0 aliphatic heterocycles. The average molecular weight is 280 g/mol. The zero-order valence-corrected chi connectivity index (χ0v) is 7.39. The Morgan fingerprint density at radius 3 is 1.35 bits per heavy atom. The fraction of sp³-hybridized carbons (Fsp3) is 0.667. The van der Waals surface area contributed by atoms with E-state index in [4.69, 9.17) is 0 Å². The average Bonchev–Trinajstić information content (AvgIpc) is 1.98. The SMILES string of the molecule is C=C(OC(F)(F)C(F)(F)C(F)(F)F)C(F)(F)F. The molecule has 0 atom stereocenters. The van der Waals surface area contributed by atoms with Crippen molar-refractivity contribution in [1.29, 1.82) is 0 Å². The van der Waals surface area contributed by atoms with Gasteiger partial charge in [-0.1, -0.05) is 6.58 Å². The number of ether oxygens (including phenoxy) is 1. The van der Waals surface area contributed by atoms with E-state index in [9.17, 15) is 43.9 Å². The summed E-state index contributed by atoms with van der Waals surface area (Å²) in [6.45, 7) is 1.78. The zero-order valence-electron chi connectivity index (χ0n) is 7.39. The van der Waals surface area contributed by atoms with Crippen LogP contribution in [-0.2, 0) is 4.74 Å². The van der Waals surface area contributed by atoms with Crippen LogP contribution in [0, 0.1) is 0 Å². The first-order valence-electron chi connectivity index (χ1n) is 3.40.